The number of ether oxygens (including phenoxy) is 4. The van der Waals surface area contributed by atoms with Crippen LogP contribution < -0.4 is 9.80 Å². The number of carbonyl (C=O) groups excluding carboxylic acids is 6. The van der Waals surface area contributed by atoms with E-state index in [1.807, 2.05) is 204 Å². The number of likely N-dealkylation sites (N-methyl/N-ethyl adjacent to an activating group) is 2. The molecule has 2 unspecified atom stereocenters. The first-order valence-corrected chi connectivity index (χ1v) is 34.2. The van der Waals surface area contributed by atoms with Gasteiger partial charge in [-0.1, -0.05) is 38.1 Å². The fourth-order valence-corrected chi connectivity index (χ4v) is 13.0. The number of benzene rings is 4. The zero-order chi connectivity index (χ0) is 68.8. The summed E-state index contributed by atoms with van der Waals surface area (Å²) < 4.78 is 23.0. The highest BCUT2D eigenvalue weighted by atomic mass is 16.5. The Bertz CT molecular complexity index is 2930. The third-order valence-electron chi connectivity index (χ3n) is 20.8. The van der Waals surface area contributed by atoms with E-state index < -0.39 is 22.3 Å². The summed E-state index contributed by atoms with van der Waals surface area (Å²) in [6.07, 6.45) is 4.37. The Morgan fingerprint density at radius 2 is 0.713 bits per heavy atom. The van der Waals surface area contributed by atoms with E-state index in [0.29, 0.717) is 126 Å². The second-order valence-electron chi connectivity index (χ2n) is 28.8. The number of anilines is 2. The Morgan fingerprint density at radius 3 is 0.989 bits per heavy atom. The molecule has 3 saturated heterocycles. The topological polar surface area (TPSA) is 165 Å². The van der Waals surface area contributed by atoms with E-state index in [2.05, 4.69) is 19.6 Å². The van der Waals surface area contributed by atoms with Crippen molar-refractivity contribution in [3.8, 4) is 0 Å². The fourth-order valence-electron chi connectivity index (χ4n) is 13.0. The maximum atomic E-state index is 14.6. The van der Waals surface area contributed by atoms with Gasteiger partial charge < -0.3 is 38.5 Å². The summed E-state index contributed by atoms with van der Waals surface area (Å²) in [7, 11) is 11.2. The van der Waals surface area contributed by atoms with E-state index in [9.17, 15) is 28.8 Å². The SMILES string of the molecule is CCC(Cc1ccc(C(=O)N2CCN(C(=O)c3ccc(CC(CC)(C(=O)c4ccc(N5CCN(CCC(=O)C(C)(C)OCCC(C)(C)OC)CC5)cc4)N(C)C)cc3)CC2)cc1)(C(=O)c1ccc(N2CCN(CCC(=O)C(C)(C)OCCC(C)(C)OC)CC2)cc1)N(C)C. The average Bonchev–Trinajstić information content (AvgIpc) is 0.799. The van der Waals surface area contributed by atoms with Crippen LogP contribution in [-0.2, 0) is 41.4 Å². The molecule has 18 heteroatoms. The van der Waals surface area contributed by atoms with Crippen molar-refractivity contribution in [1.82, 2.24) is 29.4 Å². The zero-order valence-electron chi connectivity index (χ0n) is 59.9. The van der Waals surface area contributed by atoms with E-state index in [4.69, 9.17) is 18.9 Å². The number of nitrogens with zero attached hydrogens (tertiary/aromatic N) is 8. The van der Waals surface area contributed by atoms with Crippen LogP contribution in [0, 0.1) is 0 Å². The lowest BCUT2D eigenvalue weighted by atomic mass is 9.80. The molecule has 4 aromatic rings. The Morgan fingerprint density at radius 1 is 0.415 bits per heavy atom. The molecule has 18 nitrogen and oxygen atoms in total. The molecule has 2 atom stereocenters. The quantitative estimate of drug-likeness (QED) is 0.0405. The molecule has 0 bridgehead atoms. The van der Waals surface area contributed by atoms with Crippen LogP contribution in [0.3, 0.4) is 0 Å². The summed E-state index contributed by atoms with van der Waals surface area (Å²) in [6.45, 7) is 30.1. The minimum atomic E-state index is -0.852. The van der Waals surface area contributed by atoms with Gasteiger partial charge in [0.15, 0.2) is 23.1 Å². The summed E-state index contributed by atoms with van der Waals surface area (Å²) in [5.74, 6) is 0.0951. The van der Waals surface area contributed by atoms with Crippen LogP contribution in [0.2, 0.25) is 0 Å². The lowest BCUT2D eigenvalue weighted by Crippen LogP contribution is -2.52. The first kappa shape index (κ1) is 75.2. The number of ketones is 4. The molecule has 0 aromatic heterocycles. The molecule has 0 aliphatic carbocycles. The third-order valence-corrected chi connectivity index (χ3v) is 20.8. The molecule has 0 saturated carbocycles. The normalized spacial score (nSPS) is 17.1. The number of carbonyl (C=O) groups is 6. The third kappa shape index (κ3) is 19.1. The van der Waals surface area contributed by atoms with Gasteiger partial charge in [0.1, 0.15) is 11.2 Å². The molecule has 3 heterocycles. The fraction of sp³-hybridized carbons (Fsp3) is 0.605. The monoisotopic (exact) mass is 1300 g/mol. The number of hydrogen-bond donors (Lipinski definition) is 0. The lowest BCUT2D eigenvalue weighted by molar-refractivity contribution is -0.143. The predicted molar refractivity (Wildman–Crippen MR) is 375 cm³/mol. The van der Waals surface area contributed by atoms with Crippen molar-refractivity contribution >= 4 is 46.3 Å². The molecule has 94 heavy (non-hydrogen) atoms. The van der Waals surface area contributed by atoms with Gasteiger partial charge in [-0.2, -0.15) is 0 Å². The average molecular weight is 1300 g/mol. The number of hydrogen-bond acceptors (Lipinski definition) is 16. The van der Waals surface area contributed by atoms with Gasteiger partial charge in [-0.25, -0.2) is 0 Å². The van der Waals surface area contributed by atoms with Gasteiger partial charge in [-0.05, 0) is 206 Å². The largest absolute Gasteiger partial charge is 0.379 e. The minimum Gasteiger partial charge on any atom is -0.379 e. The summed E-state index contributed by atoms with van der Waals surface area (Å²) in [5, 5.41) is 0. The van der Waals surface area contributed by atoms with Gasteiger partial charge in [0.25, 0.3) is 11.8 Å². The van der Waals surface area contributed by atoms with Crippen LogP contribution in [0.1, 0.15) is 160 Å². The molecule has 4 aromatic carbocycles. The summed E-state index contributed by atoms with van der Waals surface area (Å²) in [4.78, 5) is 100. The second-order valence-corrected chi connectivity index (χ2v) is 28.8. The molecular weight excluding hydrogens is 1180 g/mol. The van der Waals surface area contributed by atoms with Gasteiger partial charge in [0.2, 0.25) is 0 Å². The lowest BCUT2D eigenvalue weighted by Gasteiger charge is -2.39. The summed E-state index contributed by atoms with van der Waals surface area (Å²) in [5.41, 5.74) is 2.51. The number of methoxy groups -OCH3 is 2. The van der Waals surface area contributed by atoms with Gasteiger partial charge in [0.05, 0.1) is 35.5 Å². The van der Waals surface area contributed by atoms with Crippen LogP contribution in [0.25, 0.3) is 0 Å². The second kappa shape index (κ2) is 32.7. The predicted octanol–water partition coefficient (Wildman–Crippen LogP) is 9.94. The first-order chi connectivity index (χ1) is 44.4. The minimum absolute atomic E-state index is 0.0452. The van der Waals surface area contributed by atoms with Gasteiger partial charge in [0, 0.05) is 152 Å². The first-order valence-electron chi connectivity index (χ1n) is 34.2. The maximum absolute atomic E-state index is 14.6. The Balaban J connectivity index is 0.855. The Hall–Kier alpha value is -6.22. The molecule has 3 aliphatic rings. The molecule has 0 spiro atoms. The van der Waals surface area contributed by atoms with Crippen LogP contribution in [0.5, 0.6) is 0 Å². The van der Waals surface area contributed by atoms with E-state index in [-0.39, 0.29) is 46.1 Å². The summed E-state index contributed by atoms with van der Waals surface area (Å²) in [6, 6.07) is 31.2. The van der Waals surface area contributed by atoms with Crippen molar-refractivity contribution < 1.29 is 47.7 Å². The number of Topliss-reactive ketones (excluding diaryl/α,β-unsaturated/α-hetero) is 4. The van der Waals surface area contributed by atoms with Gasteiger partial charge in [-0.3, -0.25) is 48.4 Å². The van der Waals surface area contributed by atoms with Crippen LogP contribution in [0.15, 0.2) is 97.1 Å². The van der Waals surface area contributed by atoms with Crippen LogP contribution >= 0.6 is 0 Å². The number of amides is 2. The standard InChI is InChI=1S/C76H112N8O10/c1-17-75(77(11)12,67(87)59-27-31-63(32-28-59)81-45-41-79(42-46-81)39-35-65(85)73(7,8)93-53-37-71(3,4)91-15)55-57-19-23-61(24-20-57)69(89)83-49-51-84(52-50-83)70(90)62-25-21-58(22-26-62)56-76(18-2,78(13)14)68(88)60-29-33-64(34-30-60)82-47-43-80(44-48-82)40-36-66(86)74(9,10)94-54-38-72(5,6)92-16/h19-34H,17-18,35-56H2,1-16H3. The highest BCUT2D eigenvalue weighted by Crippen LogP contribution is 2.33. The molecule has 3 fully saturated rings. The molecular formula is C76H112N8O10. The van der Waals surface area contributed by atoms with E-state index in [1.54, 1.807) is 24.0 Å². The zero-order valence-corrected chi connectivity index (χ0v) is 59.9. The smallest absolute Gasteiger partial charge is 0.253 e. The number of rotatable bonds is 34. The molecule has 2 amide bonds. The Labute approximate surface area is 562 Å². The van der Waals surface area contributed by atoms with E-state index >= 15 is 0 Å². The van der Waals surface area contributed by atoms with Crippen molar-refractivity contribution in [2.24, 2.45) is 0 Å². The van der Waals surface area contributed by atoms with Gasteiger partial charge in [-0.15, -0.1) is 0 Å². The molecule has 516 valence electrons. The van der Waals surface area contributed by atoms with Crippen molar-refractivity contribution in [2.75, 3.05) is 157 Å². The summed E-state index contributed by atoms with van der Waals surface area (Å²) >= 11 is 0. The van der Waals surface area contributed by atoms with E-state index in [1.165, 1.54) is 0 Å². The highest BCUT2D eigenvalue weighted by Gasteiger charge is 2.42. The molecule has 0 radical (unpaired) electrons. The van der Waals surface area contributed by atoms with Crippen molar-refractivity contribution in [2.45, 2.75) is 154 Å². The van der Waals surface area contributed by atoms with Gasteiger partial charge >= 0.3 is 0 Å². The number of piperazine rings is 3. The van der Waals surface area contributed by atoms with Crippen molar-refractivity contribution in [3.63, 3.8) is 0 Å². The molecule has 0 N–H and O–H groups in total. The highest BCUT2D eigenvalue weighted by molar-refractivity contribution is 6.04. The van der Waals surface area contributed by atoms with Crippen LogP contribution in [0.4, 0.5) is 11.4 Å². The maximum Gasteiger partial charge on any atom is 0.253 e. The molecule has 7 rings (SSSR count). The van der Waals surface area contributed by atoms with Crippen molar-refractivity contribution in [3.05, 3.63) is 130 Å². The van der Waals surface area contributed by atoms with E-state index in [0.717, 1.165) is 74.9 Å². The van der Waals surface area contributed by atoms with Crippen LogP contribution in [-0.4, -0.2) is 245 Å². The Kier molecular flexibility index (Phi) is 26.1. The molecule has 3 aliphatic heterocycles. The van der Waals surface area contributed by atoms with Crippen molar-refractivity contribution in [1.29, 1.82) is 0 Å².